The fraction of sp³-hybridized carbons (Fsp3) is 0.857. The molecule has 0 spiro atoms. The van der Waals surface area contributed by atoms with Crippen molar-refractivity contribution in [1.82, 2.24) is 0 Å². The van der Waals surface area contributed by atoms with Crippen LogP contribution in [0.5, 0.6) is 0 Å². The van der Waals surface area contributed by atoms with Crippen molar-refractivity contribution >= 4 is 21.9 Å². The minimum absolute atomic E-state index is 0.00499. The Bertz CT molecular complexity index is 613. The van der Waals surface area contributed by atoms with Crippen LogP contribution in [0.4, 0.5) is 13.2 Å². The minimum Gasteiger partial charge on any atom is -0.861 e. The number of ether oxygens (including phenoxy) is 1. The monoisotopic (exact) mass is 404 g/mol. The number of esters is 1. The molecule has 8 nitrogen and oxygen atoms in total. The minimum atomic E-state index is -5.87. The molecule has 0 aromatic carbocycles. The topological polar surface area (TPSA) is 136 Å². The molecule has 1 rings (SSSR count). The molecule has 1 aliphatic rings. The third kappa shape index (κ3) is 5.07. The van der Waals surface area contributed by atoms with Crippen molar-refractivity contribution in [3.8, 4) is 0 Å². The van der Waals surface area contributed by atoms with Crippen molar-refractivity contribution < 1.29 is 46.4 Å². The Morgan fingerprint density at radius 1 is 1.19 bits per heavy atom. The van der Waals surface area contributed by atoms with E-state index in [0.29, 0.717) is 0 Å². The fourth-order valence-electron chi connectivity index (χ4n) is 2.50. The predicted molar refractivity (Wildman–Crippen MR) is 81.1 cm³/mol. The standard InChI is InChI=1S/C14H22F3NO7S/c1-2-13(7-19,8-20)12(22)25-10-5-3-9(4-6-10)11(21)18-26(23,24)14(15,16)17/h9-10,19-20H,2-8H2,1H3,(H,18,21)/p-1. The maximum absolute atomic E-state index is 12.2. The molecular formula is C14H21F3NO7S-. The van der Waals surface area contributed by atoms with Crippen LogP contribution in [0.15, 0.2) is 4.40 Å². The molecule has 12 heteroatoms. The van der Waals surface area contributed by atoms with E-state index in [2.05, 4.69) is 4.40 Å². The van der Waals surface area contributed by atoms with E-state index in [0.717, 1.165) is 0 Å². The zero-order valence-corrected chi connectivity index (χ0v) is 14.8. The van der Waals surface area contributed by atoms with Gasteiger partial charge in [-0.15, -0.1) is 0 Å². The Morgan fingerprint density at radius 2 is 1.69 bits per heavy atom. The van der Waals surface area contributed by atoms with Crippen LogP contribution >= 0.6 is 0 Å². The number of aliphatic hydroxyl groups is 2. The van der Waals surface area contributed by atoms with E-state index in [-0.39, 0.29) is 32.1 Å². The zero-order chi connectivity index (χ0) is 20.2. The van der Waals surface area contributed by atoms with Gasteiger partial charge in [-0.1, -0.05) is 6.92 Å². The van der Waals surface area contributed by atoms with E-state index < -0.39 is 58.0 Å². The van der Waals surface area contributed by atoms with Gasteiger partial charge in [0.05, 0.1) is 13.2 Å². The van der Waals surface area contributed by atoms with Crippen LogP contribution < -0.4 is 5.11 Å². The Hall–Kier alpha value is -1.40. The van der Waals surface area contributed by atoms with Crippen LogP contribution in [-0.2, 0) is 19.6 Å². The van der Waals surface area contributed by atoms with E-state index >= 15 is 0 Å². The van der Waals surface area contributed by atoms with E-state index in [4.69, 9.17) is 4.74 Å². The van der Waals surface area contributed by atoms with Gasteiger partial charge in [0.1, 0.15) is 11.5 Å². The smallest absolute Gasteiger partial charge is 0.518 e. The predicted octanol–water partition coefficient (Wildman–Crippen LogP) is 0.0778. The molecule has 0 aromatic heterocycles. The second kappa shape index (κ2) is 8.53. The van der Waals surface area contributed by atoms with E-state index in [1.54, 1.807) is 6.92 Å². The van der Waals surface area contributed by atoms with Crippen LogP contribution in [0.3, 0.4) is 0 Å². The van der Waals surface area contributed by atoms with Crippen molar-refractivity contribution in [1.29, 1.82) is 0 Å². The highest BCUT2D eigenvalue weighted by Crippen LogP contribution is 2.31. The fourth-order valence-corrected chi connectivity index (χ4v) is 2.99. The number of halogens is 3. The maximum atomic E-state index is 12.2. The Kier molecular flexibility index (Phi) is 7.42. The molecule has 0 aliphatic heterocycles. The highest BCUT2D eigenvalue weighted by Gasteiger charge is 2.46. The van der Waals surface area contributed by atoms with Gasteiger partial charge in [-0.2, -0.15) is 26.0 Å². The first-order valence-electron chi connectivity index (χ1n) is 7.93. The number of hydrogen-bond acceptors (Lipinski definition) is 7. The van der Waals surface area contributed by atoms with Gasteiger partial charge in [0.2, 0.25) is 0 Å². The van der Waals surface area contributed by atoms with Crippen LogP contribution in [0.2, 0.25) is 0 Å². The molecule has 2 N–H and O–H groups in total. The van der Waals surface area contributed by atoms with Crippen LogP contribution in [0.25, 0.3) is 0 Å². The Labute approximate surface area is 148 Å². The molecule has 1 fully saturated rings. The Morgan fingerprint density at radius 3 is 2.08 bits per heavy atom. The molecular weight excluding hydrogens is 383 g/mol. The van der Waals surface area contributed by atoms with E-state index in [1.807, 2.05) is 0 Å². The van der Waals surface area contributed by atoms with Crippen LogP contribution in [0.1, 0.15) is 39.0 Å². The number of alkyl halides is 3. The van der Waals surface area contributed by atoms with Crippen molar-refractivity contribution in [2.24, 2.45) is 15.7 Å². The SMILES string of the molecule is CCC(CO)(CO)C(=O)OC1CCC(/C([O-])=N/S(=O)(=O)C(F)(F)F)CC1. The molecule has 0 radical (unpaired) electrons. The lowest BCUT2D eigenvalue weighted by atomic mass is 9.85. The summed E-state index contributed by atoms with van der Waals surface area (Å²) in [6.07, 6.45) is -0.243. The van der Waals surface area contributed by atoms with Crippen molar-refractivity contribution in [2.45, 2.75) is 50.6 Å². The van der Waals surface area contributed by atoms with Crippen molar-refractivity contribution in [2.75, 3.05) is 13.2 Å². The number of nitrogens with zero attached hydrogens (tertiary/aromatic N) is 1. The molecule has 0 bridgehead atoms. The summed E-state index contributed by atoms with van der Waals surface area (Å²) in [6, 6.07) is 0. The lowest BCUT2D eigenvalue weighted by Crippen LogP contribution is -2.42. The highest BCUT2D eigenvalue weighted by atomic mass is 32.2. The molecule has 0 heterocycles. The maximum Gasteiger partial charge on any atom is 0.518 e. The second-order valence-electron chi connectivity index (χ2n) is 6.18. The van der Waals surface area contributed by atoms with Crippen molar-refractivity contribution in [3.05, 3.63) is 0 Å². The van der Waals surface area contributed by atoms with Crippen LogP contribution in [0, 0.1) is 11.3 Å². The average Bonchev–Trinajstić information content (AvgIpc) is 2.56. The van der Waals surface area contributed by atoms with Gasteiger partial charge in [-0.3, -0.25) is 4.79 Å². The average molecular weight is 404 g/mol. The summed E-state index contributed by atoms with van der Waals surface area (Å²) in [7, 11) is -5.87. The van der Waals surface area contributed by atoms with Crippen LogP contribution in [-0.4, -0.2) is 55.3 Å². The molecule has 1 aliphatic carbocycles. The van der Waals surface area contributed by atoms with Gasteiger partial charge < -0.3 is 20.1 Å². The highest BCUT2D eigenvalue weighted by molar-refractivity contribution is 7.91. The first kappa shape index (κ1) is 22.6. The summed E-state index contributed by atoms with van der Waals surface area (Å²) < 4.78 is 66.0. The van der Waals surface area contributed by atoms with E-state index in [1.165, 1.54) is 0 Å². The first-order chi connectivity index (χ1) is 11.9. The van der Waals surface area contributed by atoms with Gasteiger partial charge in [-0.05, 0) is 43.9 Å². The summed E-state index contributed by atoms with van der Waals surface area (Å²) in [4.78, 5) is 12.1. The van der Waals surface area contributed by atoms with E-state index in [9.17, 15) is 41.7 Å². The number of aliphatic hydroxyl groups excluding tert-OH is 2. The van der Waals surface area contributed by atoms with Crippen molar-refractivity contribution in [3.63, 3.8) is 0 Å². The number of sulfonamides is 1. The lowest BCUT2D eigenvalue weighted by Gasteiger charge is -2.34. The normalized spacial score (nSPS) is 22.9. The molecule has 0 unspecified atom stereocenters. The first-order valence-corrected chi connectivity index (χ1v) is 9.37. The molecule has 152 valence electrons. The van der Waals surface area contributed by atoms with Gasteiger partial charge in [0.25, 0.3) is 0 Å². The van der Waals surface area contributed by atoms with Gasteiger partial charge in [-0.25, -0.2) is 0 Å². The third-order valence-corrected chi connectivity index (χ3v) is 5.52. The summed E-state index contributed by atoms with van der Waals surface area (Å²) in [5.41, 5.74) is -7.07. The summed E-state index contributed by atoms with van der Waals surface area (Å²) in [5, 5.41) is 30.3. The molecule has 0 aromatic rings. The lowest BCUT2D eigenvalue weighted by molar-refractivity contribution is -0.225. The number of rotatable bonds is 7. The molecule has 26 heavy (non-hydrogen) atoms. The summed E-state index contributed by atoms with van der Waals surface area (Å²) in [5.74, 6) is -3.18. The number of hydrogen-bond donors (Lipinski definition) is 2. The van der Waals surface area contributed by atoms with Gasteiger partial charge >= 0.3 is 21.5 Å². The van der Waals surface area contributed by atoms with Gasteiger partial charge in [0.15, 0.2) is 0 Å². The van der Waals surface area contributed by atoms with Gasteiger partial charge in [0, 0.05) is 0 Å². The quantitative estimate of drug-likeness (QED) is 0.348. The molecule has 0 saturated heterocycles. The molecule has 0 amide bonds. The third-order valence-electron chi connectivity index (χ3n) is 4.51. The number of carbonyl (C=O) groups excluding carboxylic acids is 1. The summed E-state index contributed by atoms with van der Waals surface area (Å²) in [6.45, 7) is 0.369. The second-order valence-corrected chi connectivity index (χ2v) is 7.78. The Balaban J connectivity index is 2.69. The molecule has 0 atom stereocenters. The molecule has 1 saturated carbocycles. The number of carbonyl (C=O) groups is 1. The summed E-state index contributed by atoms with van der Waals surface area (Å²) >= 11 is 0. The largest absolute Gasteiger partial charge is 0.861 e. The zero-order valence-electron chi connectivity index (χ0n) is 14.0.